The number of carbonyl (C=O) groups excluding carboxylic acids is 1. The van der Waals surface area contributed by atoms with Crippen LogP contribution in [-0.4, -0.2) is 67.4 Å². The number of piperazine rings is 1. The molecule has 0 aliphatic carbocycles. The van der Waals surface area contributed by atoms with Gasteiger partial charge in [-0.3, -0.25) is 14.6 Å². The van der Waals surface area contributed by atoms with E-state index in [-0.39, 0.29) is 17.7 Å². The third-order valence-electron chi connectivity index (χ3n) is 5.18. The van der Waals surface area contributed by atoms with Crippen LogP contribution in [0.2, 0.25) is 5.02 Å². The molecule has 2 aromatic rings. The maximum absolute atomic E-state index is 12.6. The van der Waals surface area contributed by atoms with Gasteiger partial charge in [0.1, 0.15) is 18.1 Å². The molecule has 1 atom stereocenters. The number of anilines is 1. The number of nitrogens with zero attached hydrogens (tertiary/aromatic N) is 2. The molecule has 32 heavy (non-hydrogen) atoms. The van der Waals surface area contributed by atoms with Crippen molar-refractivity contribution in [1.82, 2.24) is 9.80 Å². The summed E-state index contributed by atoms with van der Waals surface area (Å²) in [7, 11) is 0. The van der Waals surface area contributed by atoms with Gasteiger partial charge in [-0.05, 0) is 55.5 Å². The Morgan fingerprint density at radius 2 is 1.62 bits per heavy atom. The lowest BCUT2D eigenvalue weighted by atomic mass is 10.2. The third-order valence-corrected chi connectivity index (χ3v) is 5.43. The zero-order valence-corrected chi connectivity index (χ0v) is 18.3. The first-order valence-corrected chi connectivity index (χ1v) is 10.6. The topological polar surface area (TPSA) is 54.0 Å². The van der Waals surface area contributed by atoms with Gasteiger partial charge in [-0.1, -0.05) is 11.6 Å². The molecule has 174 valence electrons. The van der Waals surface area contributed by atoms with Crippen molar-refractivity contribution in [2.24, 2.45) is 0 Å². The molecule has 0 aromatic heterocycles. The van der Waals surface area contributed by atoms with Crippen molar-refractivity contribution < 1.29 is 27.4 Å². The minimum Gasteiger partial charge on any atom is -0.492 e. The number of ether oxygens (including phenoxy) is 2. The number of halogens is 4. The maximum Gasteiger partial charge on any atom is 0.573 e. The molecule has 2 aromatic carbocycles. The van der Waals surface area contributed by atoms with Gasteiger partial charge in [0, 0.05) is 43.4 Å². The summed E-state index contributed by atoms with van der Waals surface area (Å²) in [6, 6.07) is 12.0. The number of nitrogens with one attached hydrogen (secondary N) is 1. The second kappa shape index (κ2) is 10.9. The van der Waals surface area contributed by atoms with Gasteiger partial charge in [0.2, 0.25) is 5.91 Å². The van der Waals surface area contributed by atoms with Gasteiger partial charge in [0.05, 0.1) is 6.04 Å². The second-order valence-electron chi connectivity index (χ2n) is 7.42. The summed E-state index contributed by atoms with van der Waals surface area (Å²) in [5.74, 6) is 0.227. The number of benzene rings is 2. The summed E-state index contributed by atoms with van der Waals surface area (Å²) in [6.07, 6.45) is -4.75. The summed E-state index contributed by atoms with van der Waals surface area (Å²) in [4.78, 5) is 16.9. The van der Waals surface area contributed by atoms with E-state index in [1.165, 1.54) is 24.3 Å². The molecule has 0 saturated carbocycles. The Morgan fingerprint density at radius 1 is 1.03 bits per heavy atom. The molecule has 3 rings (SSSR count). The highest BCUT2D eigenvalue weighted by Gasteiger charge is 2.31. The van der Waals surface area contributed by atoms with E-state index in [1.54, 1.807) is 12.1 Å². The highest BCUT2D eigenvalue weighted by atomic mass is 35.5. The fourth-order valence-electron chi connectivity index (χ4n) is 3.35. The van der Waals surface area contributed by atoms with Gasteiger partial charge >= 0.3 is 6.36 Å². The number of amides is 1. The molecule has 10 heteroatoms. The average Bonchev–Trinajstić information content (AvgIpc) is 2.75. The Balaban J connectivity index is 1.39. The minimum atomic E-state index is -4.75. The predicted molar refractivity (Wildman–Crippen MR) is 116 cm³/mol. The maximum atomic E-state index is 12.6. The molecule has 0 spiro atoms. The lowest BCUT2D eigenvalue weighted by Gasteiger charge is -2.37. The monoisotopic (exact) mass is 471 g/mol. The SMILES string of the molecule is C[C@H](C(=O)Nc1ccc(OC(F)(F)F)cc1)N1CCN(CCOc2ccc(Cl)cc2)CC1. The zero-order valence-electron chi connectivity index (χ0n) is 17.6. The summed E-state index contributed by atoms with van der Waals surface area (Å²) < 4.78 is 46.3. The Morgan fingerprint density at radius 3 is 2.22 bits per heavy atom. The van der Waals surface area contributed by atoms with Crippen LogP contribution in [0.1, 0.15) is 6.92 Å². The van der Waals surface area contributed by atoms with E-state index in [0.717, 1.165) is 38.5 Å². The van der Waals surface area contributed by atoms with Crippen LogP contribution in [0, 0.1) is 0 Å². The van der Waals surface area contributed by atoms with Crippen LogP contribution in [0.25, 0.3) is 0 Å². The Labute approximate surface area is 189 Å². The Kier molecular flexibility index (Phi) is 8.22. The largest absolute Gasteiger partial charge is 0.573 e. The van der Waals surface area contributed by atoms with Crippen LogP contribution >= 0.6 is 11.6 Å². The van der Waals surface area contributed by atoms with Gasteiger partial charge < -0.3 is 14.8 Å². The smallest absolute Gasteiger partial charge is 0.492 e. The van der Waals surface area contributed by atoms with Gasteiger partial charge in [-0.2, -0.15) is 0 Å². The van der Waals surface area contributed by atoms with E-state index >= 15 is 0 Å². The zero-order chi connectivity index (χ0) is 23.1. The number of hydrogen-bond acceptors (Lipinski definition) is 5. The lowest BCUT2D eigenvalue weighted by Crippen LogP contribution is -2.53. The van der Waals surface area contributed by atoms with E-state index in [0.29, 0.717) is 17.3 Å². The van der Waals surface area contributed by atoms with E-state index < -0.39 is 6.36 Å². The highest BCUT2D eigenvalue weighted by Crippen LogP contribution is 2.24. The lowest BCUT2D eigenvalue weighted by molar-refractivity contribution is -0.274. The fraction of sp³-hybridized carbons (Fsp3) is 0.409. The highest BCUT2D eigenvalue weighted by molar-refractivity contribution is 6.30. The van der Waals surface area contributed by atoms with Gasteiger partial charge in [0.25, 0.3) is 0 Å². The Bertz CT molecular complexity index is 871. The van der Waals surface area contributed by atoms with E-state index in [2.05, 4.69) is 19.9 Å². The van der Waals surface area contributed by atoms with Crippen LogP contribution in [-0.2, 0) is 4.79 Å². The molecule has 1 aliphatic rings. The molecular weight excluding hydrogens is 447 g/mol. The molecule has 1 amide bonds. The molecule has 1 N–H and O–H groups in total. The van der Waals surface area contributed by atoms with E-state index in [9.17, 15) is 18.0 Å². The first kappa shape index (κ1) is 24.2. The number of rotatable bonds is 8. The fourth-order valence-corrected chi connectivity index (χ4v) is 3.48. The second-order valence-corrected chi connectivity index (χ2v) is 7.85. The van der Waals surface area contributed by atoms with Crippen LogP contribution in [0.5, 0.6) is 11.5 Å². The van der Waals surface area contributed by atoms with Crippen molar-refractivity contribution >= 4 is 23.2 Å². The number of hydrogen-bond donors (Lipinski definition) is 1. The van der Waals surface area contributed by atoms with Crippen LogP contribution < -0.4 is 14.8 Å². The summed E-state index contributed by atoms with van der Waals surface area (Å²) >= 11 is 5.86. The van der Waals surface area contributed by atoms with E-state index in [4.69, 9.17) is 16.3 Å². The van der Waals surface area contributed by atoms with Crippen LogP contribution in [0.4, 0.5) is 18.9 Å². The summed E-state index contributed by atoms with van der Waals surface area (Å²) in [5, 5.41) is 3.40. The molecule has 6 nitrogen and oxygen atoms in total. The minimum absolute atomic E-state index is 0.214. The first-order chi connectivity index (χ1) is 15.2. The molecule has 0 radical (unpaired) electrons. The summed E-state index contributed by atoms with van der Waals surface area (Å²) in [5.41, 5.74) is 0.411. The van der Waals surface area contributed by atoms with Crippen molar-refractivity contribution in [3.05, 3.63) is 53.6 Å². The number of carbonyl (C=O) groups is 1. The Hall–Kier alpha value is -2.49. The van der Waals surface area contributed by atoms with Crippen molar-refractivity contribution in [2.75, 3.05) is 44.6 Å². The average molecular weight is 472 g/mol. The molecule has 1 fully saturated rings. The normalized spacial score (nSPS) is 16.4. The first-order valence-electron chi connectivity index (χ1n) is 10.2. The third kappa shape index (κ3) is 7.58. The molecular formula is C22H25ClF3N3O3. The standard InChI is InChI=1S/C22H25ClF3N3O3/c1-16(21(30)27-18-4-8-20(9-5-18)32-22(24,25)26)29-12-10-28(11-13-29)14-15-31-19-6-2-17(23)3-7-19/h2-9,16H,10-15H2,1H3,(H,27,30)/t16-/m1/s1. The van der Waals surface area contributed by atoms with Crippen molar-refractivity contribution in [2.45, 2.75) is 19.3 Å². The van der Waals surface area contributed by atoms with Gasteiger partial charge in [-0.25, -0.2) is 0 Å². The predicted octanol–water partition coefficient (Wildman–Crippen LogP) is 4.26. The quantitative estimate of drug-likeness (QED) is 0.623. The molecule has 1 aliphatic heterocycles. The molecule has 1 saturated heterocycles. The summed E-state index contributed by atoms with van der Waals surface area (Å²) in [6.45, 7) is 6.24. The molecule has 0 unspecified atom stereocenters. The molecule has 1 heterocycles. The van der Waals surface area contributed by atoms with Crippen molar-refractivity contribution in [3.8, 4) is 11.5 Å². The van der Waals surface area contributed by atoms with Crippen LogP contribution in [0.15, 0.2) is 48.5 Å². The van der Waals surface area contributed by atoms with Crippen molar-refractivity contribution in [3.63, 3.8) is 0 Å². The van der Waals surface area contributed by atoms with Crippen LogP contribution in [0.3, 0.4) is 0 Å². The van der Waals surface area contributed by atoms with E-state index in [1.807, 2.05) is 19.1 Å². The van der Waals surface area contributed by atoms with Gasteiger partial charge in [0.15, 0.2) is 0 Å². The van der Waals surface area contributed by atoms with Gasteiger partial charge in [-0.15, -0.1) is 13.2 Å². The molecule has 0 bridgehead atoms. The van der Waals surface area contributed by atoms with Crippen molar-refractivity contribution in [1.29, 1.82) is 0 Å². The number of alkyl halides is 3.